The highest BCUT2D eigenvalue weighted by atomic mass is 16.5. The maximum atomic E-state index is 6.50. The molecule has 1 nitrogen and oxygen atoms in total. The summed E-state index contributed by atoms with van der Waals surface area (Å²) in [5, 5.41) is 7.98. The van der Waals surface area contributed by atoms with Crippen LogP contribution in [0, 0.1) is 0 Å². The summed E-state index contributed by atoms with van der Waals surface area (Å²) in [6, 6.07) is 49.6. The normalized spacial score (nSPS) is 13.9. The van der Waals surface area contributed by atoms with Crippen molar-refractivity contribution in [3.05, 3.63) is 156 Å². The summed E-state index contributed by atoms with van der Waals surface area (Å²) in [6.45, 7) is 18.3. The lowest BCUT2D eigenvalue weighted by Crippen LogP contribution is -2.16. The van der Waals surface area contributed by atoms with E-state index in [1.54, 1.807) is 0 Å². The molecular weight excluding hydrogens is 629 g/mol. The molecule has 0 amide bonds. The molecule has 0 atom stereocenters. The second kappa shape index (κ2) is 11.3. The van der Waals surface area contributed by atoms with Crippen molar-refractivity contribution in [1.29, 1.82) is 0 Å². The van der Waals surface area contributed by atoms with Crippen LogP contribution >= 0.6 is 0 Å². The van der Waals surface area contributed by atoms with Gasteiger partial charge in [-0.15, -0.1) is 0 Å². The van der Waals surface area contributed by atoms with Crippen LogP contribution in [0.3, 0.4) is 0 Å². The molecule has 52 heavy (non-hydrogen) atoms. The molecule has 0 spiro atoms. The van der Waals surface area contributed by atoms with Crippen LogP contribution in [-0.2, 0) is 16.2 Å². The Hall–Kier alpha value is -5.40. The Kier molecular flexibility index (Phi) is 7.06. The highest BCUT2D eigenvalue weighted by Gasteiger charge is 2.39. The van der Waals surface area contributed by atoms with E-state index in [1.165, 1.54) is 88.0 Å². The molecule has 0 unspecified atom stereocenters. The van der Waals surface area contributed by atoms with Gasteiger partial charge in [0.25, 0.3) is 0 Å². The predicted octanol–water partition coefficient (Wildman–Crippen LogP) is 14.6. The number of rotatable bonds is 4. The van der Waals surface area contributed by atoms with Crippen molar-refractivity contribution in [2.75, 3.05) is 0 Å². The van der Waals surface area contributed by atoms with E-state index < -0.39 is 0 Å². The fourth-order valence-corrected chi connectivity index (χ4v) is 8.72. The minimum Gasteiger partial charge on any atom is -0.457 e. The third-order valence-electron chi connectivity index (χ3n) is 11.6. The van der Waals surface area contributed by atoms with Crippen LogP contribution in [-0.4, -0.2) is 0 Å². The summed E-state index contributed by atoms with van der Waals surface area (Å²) in [6.07, 6.45) is 0. The monoisotopic (exact) mass is 674 g/mol. The summed E-state index contributed by atoms with van der Waals surface area (Å²) < 4.78 is 6.50. The maximum absolute atomic E-state index is 6.50. The average molecular weight is 675 g/mol. The molecule has 8 aromatic rings. The number of hydrogen-bond acceptors (Lipinski definition) is 1. The van der Waals surface area contributed by atoms with Gasteiger partial charge in [0.1, 0.15) is 11.5 Å². The van der Waals surface area contributed by atoms with Crippen LogP contribution in [0.15, 0.2) is 133 Å². The van der Waals surface area contributed by atoms with Crippen molar-refractivity contribution >= 4 is 32.3 Å². The van der Waals surface area contributed by atoms with Crippen molar-refractivity contribution in [3.63, 3.8) is 0 Å². The molecule has 1 aliphatic rings. The first kappa shape index (κ1) is 32.5. The molecule has 0 heterocycles. The molecule has 8 aromatic carbocycles. The van der Waals surface area contributed by atoms with Crippen molar-refractivity contribution in [1.82, 2.24) is 0 Å². The van der Waals surface area contributed by atoms with Gasteiger partial charge in [-0.25, -0.2) is 0 Å². The van der Waals surface area contributed by atoms with Gasteiger partial charge in [-0.3, -0.25) is 0 Å². The first-order valence-corrected chi connectivity index (χ1v) is 18.7. The van der Waals surface area contributed by atoms with Crippen LogP contribution in [0.5, 0.6) is 11.5 Å². The summed E-state index contributed by atoms with van der Waals surface area (Å²) in [7, 11) is 0. The minimum absolute atomic E-state index is 0.106. The van der Waals surface area contributed by atoms with Gasteiger partial charge >= 0.3 is 0 Å². The first-order chi connectivity index (χ1) is 24.8. The molecule has 0 saturated heterocycles. The van der Waals surface area contributed by atoms with Gasteiger partial charge in [0.05, 0.1) is 0 Å². The van der Waals surface area contributed by atoms with E-state index in [9.17, 15) is 0 Å². The molecular formula is C51H46O. The summed E-state index contributed by atoms with van der Waals surface area (Å²) in [4.78, 5) is 0. The summed E-state index contributed by atoms with van der Waals surface area (Å²) in [5.74, 6) is 1.74. The molecule has 1 heteroatoms. The molecule has 0 fully saturated rings. The molecule has 256 valence electrons. The Morgan fingerprint density at radius 3 is 1.65 bits per heavy atom. The van der Waals surface area contributed by atoms with Gasteiger partial charge in [0.2, 0.25) is 0 Å². The Morgan fingerprint density at radius 1 is 0.462 bits per heavy atom. The average Bonchev–Trinajstić information content (AvgIpc) is 3.36. The quantitative estimate of drug-likeness (QED) is 0.169. The largest absolute Gasteiger partial charge is 0.457 e. The van der Waals surface area contributed by atoms with E-state index in [-0.39, 0.29) is 16.2 Å². The predicted molar refractivity (Wildman–Crippen MR) is 222 cm³/mol. The van der Waals surface area contributed by atoms with E-state index in [4.69, 9.17) is 4.74 Å². The molecule has 0 bridgehead atoms. The van der Waals surface area contributed by atoms with Crippen LogP contribution in [0.2, 0.25) is 0 Å². The van der Waals surface area contributed by atoms with Crippen molar-refractivity contribution in [2.45, 2.75) is 71.6 Å². The standard InChI is InChI=1S/C51H46O/c1-49(2,3)35-21-19-32(20-22-35)31-15-17-33(18-16-31)43-29-34-11-9-13-41-45(34)46-39(43)12-10-14-42(46)48-47(41)40-28-27-38(30-44(40)51(48,7)8)52-37-25-23-36(24-26-37)50(4,5)6/h9-30H,1-8H3. The Labute approximate surface area is 308 Å². The molecule has 9 rings (SSSR count). The van der Waals surface area contributed by atoms with Gasteiger partial charge in [-0.2, -0.15) is 0 Å². The molecule has 0 radical (unpaired) electrons. The van der Waals surface area contributed by atoms with Crippen molar-refractivity contribution < 1.29 is 4.74 Å². The van der Waals surface area contributed by atoms with Crippen LogP contribution in [0.4, 0.5) is 0 Å². The number of fused-ring (bicyclic) bond motifs is 5. The maximum Gasteiger partial charge on any atom is 0.127 e. The van der Waals surface area contributed by atoms with Crippen molar-refractivity contribution in [3.8, 4) is 44.9 Å². The van der Waals surface area contributed by atoms with E-state index in [1.807, 2.05) is 0 Å². The SMILES string of the molecule is CC(C)(C)c1ccc(Oc2ccc3c(c2)C(C)(C)c2c-3c3cccc4cc(-c5ccc(-c6ccc(C(C)(C)C)cc6)cc5)c5cccc2c5c43)cc1. The lowest BCUT2D eigenvalue weighted by atomic mass is 9.77. The third kappa shape index (κ3) is 5.05. The topological polar surface area (TPSA) is 9.23 Å². The lowest BCUT2D eigenvalue weighted by molar-refractivity contribution is 0.479. The lowest BCUT2D eigenvalue weighted by Gasteiger charge is -2.26. The number of hydrogen-bond donors (Lipinski definition) is 0. The van der Waals surface area contributed by atoms with Crippen LogP contribution < -0.4 is 4.74 Å². The highest BCUT2D eigenvalue weighted by molar-refractivity contribution is 6.31. The van der Waals surface area contributed by atoms with Gasteiger partial charge in [-0.1, -0.05) is 159 Å². The van der Waals surface area contributed by atoms with E-state index in [0.717, 1.165) is 11.5 Å². The summed E-state index contributed by atoms with van der Waals surface area (Å²) >= 11 is 0. The Bertz CT molecular complexity index is 2640. The smallest absolute Gasteiger partial charge is 0.127 e. The van der Waals surface area contributed by atoms with Crippen LogP contribution in [0.1, 0.15) is 77.6 Å². The molecule has 0 N–H and O–H groups in total. The Balaban J connectivity index is 1.15. The number of benzene rings is 8. The highest BCUT2D eigenvalue weighted by Crippen LogP contribution is 2.57. The minimum atomic E-state index is -0.214. The summed E-state index contributed by atoms with van der Waals surface area (Å²) in [5.41, 5.74) is 13.1. The van der Waals surface area contributed by atoms with Crippen molar-refractivity contribution in [2.24, 2.45) is 0 Å². The molecule has 0 aliphatic heterocycles. The fourth-order valence-electron chi connectivity index (χ4n) is 8.72. The number of ether oxygens (including phenoxy) is 1. The molecule has 1 aliphatic carbocycles. The van der Waals surface area contributed by atoms with Gasteiger partial charge in [-0.05, 0) is 129 Å². The molecule has 0 saturated carbocycles. The van der Waals surface area contributed by atoms with Gasteiger partial charge in [0, 0.05) is 5.41 Å². The zero-order chi connectivity index (χ0) is 36.2. The Morgan fingerprint density at radius 2 is 1.00 bits per heavy atom. The fraction of sp³-hybridized carbons (Fsp3) is 0.216. The van der Waals surface area contributed by atoms with E-state index in [0.29, 0.717) is 0 Å². The van der Waals surface area contributed by atoms with E-state index >= 15 is 0 Å². The van der Waals surface area contributed by atoms with Gasteiger partial charge in [0.15, 0.2) is 0 Å². The zero-order valence-corrected chi connectivity index (χ0v) is 31.6. The second-order valence-electron chi connectivity index (χ2n) is 17.4. The molecule has 0 aromatic heterocycles. The van der Waals surface area contributed by atoms with E-state index in [2.05, 4.69) is 189 Å². The van der Waals surface area contributed by atoms with Crippen LogP contribution in [0.25, 0.3) is 65.7 Å². The van der Waals surface area contributed by atoms with Gasteiger partial charge < -0.3 is 4.74 Å². The third-order valence-corrected chi connectivity index (χ3v) is 11.6. The zero-order valence-electron chi connectivity index (χ0n) is 31.6. The first-order valence-electron chi connectivity index (χ1n) is 18.7. The second-order valence-corrected chi connectivity index (χ2v) is 17.4.